The Balaban J connectivity index is 2.32. The second-order valence-corrected chi connectivity index (χ2v) is 5.39. The predicted octanol–water partition coefficient (Wildman–Crippen LogP) is 4.62. The van der Waals surface area contributed by atoms with Gasteiger partial charge in [-0.15, -0.1) is 0 Å². The van der Waals surface area contributed by atoms with Crippen LogP contribution in [0.15, 0.2) is 54.6 Å². The van der Waals surface area contributed by atoms with Gasteiger partial charge in [0.1, 0.15) is 5.82 Å². The van der Waals surface area contributed by atoms with Gasteiger partial charge in [0.05, 0.1) is 5.52 Å². The molecule has 3 heteroatoms. The molecule has 0 N–H and O–H groups in total. The van der Waals surface area contributed by atoms with E-state index >= 15 is 0 Å². The summed E-state index contributed by atoms with van der Waals surface area (Å²) in [6.07, 6.45) is 0. The van der Waals surface area contributed by atoms with Crippen molar-refractivity contribution >= 4 is 28.3 Å². The van der Waals surface area contributed by atoms with Gasteiger partial charge in [-0.05, 0) is 35.4 Å². The Kier molecular flexibility index (Phi) is 3.33. The standard InChI is InChI=1S/C17H15ClN2/c1-20(2)17-11-15(12-6-5-7-13(18)10-12)14-8-3-4-9-16(14)19-17/h3-11H,1-2H3. The van der Waals surface area contributed by atoms with E-state index in [0.29, 0.717) is 0 Å². The minimum absolute atomic E-state index is 0.745. The van der Waals surface area contributed by atoms with Gasteiger partial charge in [0, 0.05) is 24.5 Å². The van der Waals surface area contributed by atoms with Crippen LogP contribution >= 0.6 is 11.6 Å². The summed E-state index contributed by atoms with van der Waals surface area (Å²) < 4.78 is 0. The van der Waals surface area contributed by atoms with E-state index in [1.165, 1.54) is 0 Å². The van der Waals surface area contributed by atoms with E-state index in [-0.39, 0.29) is 0 Å². The molecule has 0 radical (unpaired) electrons. The highest BCUT2D eigenvalue weighted by Crippen LogP contribution is 2.32. The van der Waals surface area contributed by atoms with Crippen molar-refractivity contribution in [1.29, 1.82) is 0 Å². The molecular weight excluding hydrogens is 268 g/mol. The third-order valence-electron chi connectivity index (χ3n) is 3.30. The summed E-state index contributed by atoms with van der Waals surface area (Å²) in [4.78, 5) is 6.69. The lowest BCUT2D eigenvalue weighted by Gasteiger charge is -2.15. The molecule has 2 nitrogen and oxygen atoms in total. The van der Waals surface area contributed by atoms with Crippen molar-refractivity contribution in [2.75, 3.05) is 19.0 Å². The Labute approximate surface area is 123 Å². The van der Waals surface area contributed by atoms with Crippen molar-refractivity contribution in [2.24, 2.45) is 0 Å². The lowest BCUT2D eigenvalue weighted by Crippen LogP contribution is -2.10. The Bertz CT molecular complexity index is 766. The summed E-state index contributed by atoms with van der Waals surface area (Å²) >= 11 is 6.12. The van der Waals surface area contributed by atoms with E-state index in [1.807, 2.05) is 55.4 Å². The van der Waals surface area contributed by atoms with Gasteiger partial charge in [-0.25, -0.2) is 4.98 Å². The van der Waals surface area contributed by atoms with Crippen LogP contribution in [0.5, 0.6) is 0 Å². The van der Waals surface area contributed by atoms with Gasteiger partial charge in [-0.1, -0.05) is 41.9 Å². The number of hydrogen-bond donors (Lipinski definition) is 0. The zero-order valence-electron chi connectivity index (χ0n) is 11.5. The average Bonchev–Trinajstić information content (AvgIpc) is 2.46. The highest BCUT2D eigenvalue weighted by atomic mass is 35.5. The van der Waals surface area contributed by atoms with E-state index in [1.54, 1.807) is 0 Å². The first-order valence-corrected chi connectivity index (χ1v) is 6.86. The molecule has 0 saturated carbocycles. The van der Waals surface area contributed by atoms with Crippen LogP contribution < -0.4 is 4.90 Å². The highest BCUT2D eigenvalue weighted by molar-refractivity contribution is 6.30. The van der Waals surface area contributed by atoms with Crippen molar-refractivity contribution in [3.05, 3.63) is 59.6 Å². The number of aromatic nitrogens is 1. The zero-order valence-corrected chi connectivity index (χ0v) is 12.2. The zero-order chi connectivity index (χ0) is 14.1. The van der Waals surface area contributed by atoms with Gasteiger partial charge < -0.3 is 4.90 Å². The summed E-state index contributed by atoms with van der Waals surface area (Å²) in [5, 5.41) is 1.88. The van der Waals surface area contributed by atoms with Crippen LogP contribution in [0.4, 0.5) is 5.82 Å². The molecule has 2 aromatic carbocycles. The molecule has 1 aromatic heterocycles. The summed E-state index contributed by atoms with van der Waals surface area (Å²) in [5.74, 6) is 0.943. The third kappa shape index (κ3) is 2.35. The van der Waals surface area contributed by atoms with Gasteiger partial charge in [-0.2, -0.15) is 0 Å². The molecule has 0 saturated heterocycles. The quantitative estimate of drug-likeness (QED) is 0.682. The van der Waals surface area contributed by atoms with Gasteiger partial charge in [0.25, 0.3) is 0 Å². The molecule has 20 heavy (non-hydrogen) atoms. The number of rotatable bonds is 2. The molecule has 0 aliphatic rings. The monoisotopic (exact) mass is 282 g/mol. The largest absolute Gasteiger partial charge is 0.363 e. The van der Waals surface area contributed by atoms with Crippen molar-refractivity contribution < 1.29 is 0 Å². The van der Waals surface area contributed by atoms with E-state index in [4.69, 9.17) is 11.6 Å². The lowest BCUT2D eigenvalue weighted by atomic mass is 10.0. The number of halogens is 1. The Hall–Kier alpha value is -2.06. The van der Waals surface area contributed by atoms with Crippen LogP contribution in [0.25, 0.3) is 22.0 Å². The summed E-state index contributed by atoms with van der Waals surface area (Å²) in [6, 6.07) is 18.2. The average molecular weight is 283 g/mol. The molecule has 0 unspecified atom stereocenters. The molecule has 0 aliphatic heterocycles. The Morgan fingerprint density at radius 3 is 2.50 bits per heavy atom. The van der Waals surface area contributed by atoms with Crippen LogP contribution in [0, 0.1) is 0 Å². The molecule has 0 aliphatic carbocycles. The topological polar surface area (TPSA) is 16.1 Å². The van der Waals surface area contributed by atoms with Gasteiger partial charge >= 0.3 is 0 Å². The number of anilines is 1. The molecular formula is C17H15ClN2. The van der Waals surface area contributed by atoms with E-state index in [0.717, 1.165) is 32.9 Å². The predicted molar refractivity (Wildman–Crippen MR) is 86.5 cm³/mol. The summed E-state index contributed by atoms with van der Waals surface area (Å²) in [6.45, 7) is 0. The minimum Gasteiger partial charge on any atom is -0.363 e. The number of benzene rings is 2. The maximum absolute atomic E-state index is 6.12. The van der Waals surface area contributed by atoms with E-state index < -0.39 is 0 Å². The van der Waals surface area contributed by atoms with Crippen molar-refractivity contribution in [1.82, 2.24) is 4.98 Å². The number of nitrogens with zero attached hydrogens (tertiary/aromatic N) is 2. The van der Waals surface area contributed by atoms with E-state index in [2.05, 4.69) is 23.2 Å². The van der Waals surface area contributed by atoms with Crippen LogP contribution in [-0.4, -0.2) is 19.1 Å². The first kappa shape index (κ1) is 12.9. The summed E-state index contributed by atoms with van der Waals surface area (Å²) in [7, 11) is 4.00. The van der Waals surface area contributed by atoms with Crippen LogP contribution in [0.1, 0.15) is 0 Å². The fourth-order valence-electron chi connectivity index (χ4n) is 2.29. The van der Waals surface area contributed by atoms with Gasteiger partial charge in [0.2, 0.25) is 0 Å². The minimum atomic E-state index is 0.745. The molecule has 3 rings (SSSR count). The normalized spacial score (nSPS) is 10.8. The number of para-hydroxylation sites is 1. The smallest absolute Gasteiger partial charge is 0.129 e. The van der Waals surface area contributed by atoms with E-state index in [9.17, 15) is 0 Å². The molecule has 0 amide bonds. The molecule has 0 atom stereocenters. The third-order valence-corrected chi connectivity index (χ3v) is 3.53. The number of pyridine rings is 1. The van der Waals surface area contributed by atoms with Crippen LogP contribution in [0.2, 0.25) is 5.02 Å². The van der Waals surface area contributed by atoms with Gasteiger partial charge in [0.15, 0.2) is 0 Å². The molecule has 3 aromatic rings. The Morgan fingerprint density at radius 1 is 0.950 bits per heavy atom. The molecule has 1 heterocycles. The fraction of sp³-hybridized carbons (Fsp3) is 0.118. The molecule has 0 spiro atoms. The highest BCUT2D eigenvalue weighted by Gasteiger charge is 2.09. The maximum atomic E-state index is 6.12. The molecule has 0 bridgehead atoms. The first-order valence-electron chi connectivity index (χ1n) is 6.48. The molecule has 0 fully saturated rings. The Morgan fingerprint density at radius 2 is 1.75 bits per heavy atom. The second kappa shape index (κ2) is 5.14. The maximum Gasteiger partial charge on any atom is 0.129 e. The molecule has 100 valence electrons. The van der Waals surface area contributed by atoms with Crippen LogP contribution in [-0.2, 0) is 0 Å². The second-order valence-electron chi connectivity index (χ2n) is 4.95. The van der Waals surface area contributed by atoms with Crippen molar-refractivity contribution in [3.63, 3.8) is 0 Å². The van der Waals surface area contributed by atoms with Crippen molar-refractivity contribution in [3.8, 4) is 11.1 Å². The first-order chi connectivity index (χ1) is 9.65. The van der Waals surface area contributed by atoms with Gasteiger partial charge in [-0.3, -0.25) is 0 Å². The lowest BCUT2D eigenvalue weighted by molar-refractivity contribution is 1.08. The fourth-order valence-corrected chi connectivity index (χ4v) is 2.48. The number of fused-ring (bicyclic) bond motifs is 1. The van der Waals surface area contributed by atoms with Crippen molar-refractivity contribution in [2.45, 2.75) is 0 Å². The number of hydrogen-bond acceptors (Lipinski definition) is 2. The summed E-state index contributed by atoms with van der Waals surface area (Å²) in [5.41, 5.74) is 3.26. The van der Waals surface area contributed by atoms with Crippen LogP contribution in [0.3, 0.4) is 0 Å². The SMILES string of the molecule is CN(C)c1cc(-c2cccc(Cl)c2)c2ccccc2n1.